The maximum atomic E-state index is 4.71. The fourth-order valence-corrected chi connectivity index (χ4v) is 3.97. The topological polar surface area (TPSA) is 50.7 Å². The second-order valence-electron chi connectivity index (χ2n) is 5.05. The molecule has 4 aromatic rings. The van der Waals surface area contributed by atoms with E-state index in [-0.39, 0.29) is 0 Å². The maximum absolute atomic E-state index is 4.71. The maximum Gasteiger partial charge on any atom is 0.138 e. The van der Waals surface area contributed by atoms with Gasteiger partial charge in [0.05, 0.1) is 11.1 Å². The van der Waals surface area contributed by atoms with E-state index in [1.54, 1.807) is 29.0 Å². The minimum Gasteiger partial charge on any atom is -0.369 e. The van der Waals surface area contributed by atoms with E-state index in [4.69, 9.17) is 4.98 Å². The number of hydrogen-bond donors (Lipinski definition) is 1. The molecule has 0 amide bonds. The third-order valence-electron chi connectivity index (χ3n) is 3.51. The van der Waals surface area contributed by atoms with Crippen molar-refractivity contribution in [2.45, 2.75) is 6.42 Å². The lowest BCUT2D eigenvalue weighted by Crippen LogP contribution is -2.06. The highest BCUT2D eigenvalue weighted by Crippen LogP contribution is 2.25. The van der Waals surface area contributed by atoms with Crippen LogP contribution in [-0.4, -0.2) is 21.5 Å². The van der Waals surface area contributed by atoms with E-state index in [0.717, 1.165) is 39.7 Å². The summed E-state index contributed by atoms with van der Waals surface area (Å²) in [7, 11) is 0. The van der Waals surface area contributed by atoms with E-state index in [9.17, 15) is 0 Å². The van der Waals surface area contributed by atoms with Gasteiger partial charge in [0.25, 0.3) is 0 Å². The predicted octanol–water partition coefficient (Wildman–Crippen LogP) is 4.47. The van der Waals surface area contributed by atoms with Crippen LogP contribution in [0.15, 0.2) is 53.5 Å². The van der Waals surface area contributed by atoms with Crippen molar-refractivity contribution in [1.29, 1.82) is 0 Å². The molecule has 0 spiro atoms. The third-order valence-corrected chi connectivity index (χ3v) is 5.27. The molecule has 114 valence electrons. The molecular weight excluding hydrogens is 324 g/mol. The van der Waals surface area contributed by atoms with Gasteiger partial charge in [0.2, 0.25) is 0 Å². The van der Waals surface area contributed by atoms with E-state index < -0.39 is 0 Å². The quantitative estimate of drug-likeness (QED) is 0.583. The van der Waals surface area contributed by atoms with Gasteiger partial charge in [-0.05, 0) is 11.4 Å². The molecule has 0 saturated carbocycles. The Bertz CT molecular complexity index is 914. The van der Waals surface area contributed by atoms with Gasteiger partial charge in [-0.15, -0.1) is 22.7 Å². The lowest BCUT2D eigenvalue weighted by atomic mass is 10.2. The zero-order valence-corrected chi connectivity index (χ0v) is 13.9. The van der Waals surface area contributed by atoms with E-state index in [1.165, 1.54) is 5.56 Å². The largest absolute Gasteiger partial charge is 0.369 e. The average Bonchev–Trinajstić information content (AvgIpc) is 3.25. The van der Waals surface area contributed by atoms with Crippen LogP contribution in [-0.2, 0) is 6.42 Å². The van der Waals surface area contributed by atoms with Crippen molar-refractivity contribution in [2.24, 2.45) is 0 Å². The first-order chi connectivity index (χ1) is 11.4. The van der Waals surface area contributed by atoms with Crippen LogP contribution in [0, 0.1) is 0 Å². The van der Waals surface area contributed by atoms with Crippen molar-refractivity contribution in [3.63, 3.8) is 0 Å². The summed E-state index contributed by atoms with van der Waals surface area (Å²) >= 11 is 3.32. The van der Waals surface area contributed by atoms with Gasteiger partial charge in [0, 0.05) is 23.9 Å². The van der Waals surface area contributed by atoms with Gasteiger partial charge in [-0.25, -0.2) is 15.0 Å². The number of hydrogen-bond acceptors (Lipinski definition) is 6. The SMILES string of the molecule is c1ccc(-c2nc(CCNc3ncnc4sccc34)cs2)cc1. The minimum absolute atomic E-state index is 0.805. The fourth-order valence-electron chi connectivity index (χ4n) is 2.38. The Balaban J connectivity index is 1.42. The molecule has 0 atom stereocenters. The molecule has 0 saturated heterocycles. The zero-order valence-electron chi connectivity index (χ0n) is 12.3. The molecular formula is C17H14N4S2. The van der Waals surface area contributed by atoms with Crippen LogP contribution in [0.3, 0.4) is 0 Å². The van der Waals surface area contributed by atoms with E-state index >= 15 is 0 Å². The summed E-state index contributed by atoms with van der Waals surface area (Å²) in [4.78, 5) is 14.3. The van der Waals surface area contributed by atoms with Gasteiger partial charge in [0.1, 0.15) is 22.0 Å². The van der Waals surface area contributed by atoms with Crippen molar-refractivity contribution in [3.8, 4) is 10.6 Å². The summed E-state index contributed by atoms with van der Waals surface area (Å²) in [6.45, 7) is 0.805. The molecule has 3 aromatic heterocycles. The first-order valence-corrected chi connectivity index (χ1v) is 9.08. The Morgan fingerprint density at radius 1 is 1.00 bits per heavy atom. The predicted molar refractivity (Wildman–Crippen MR) is 97.2 cm³/mol. The molecule has 0 bridgehead atoms. The summed E-state index contributed by atoms with van der Waals surface area (Å²) in [5.41, 5.74) is 2.28. The van der Waals surface area contributed by atoms with Gasteiger partial charge in [-0.3, -0.25) is 0 Å². The standard InChI is InChI=1S/C17H14N4S2/c1-2-4-12(5-3-1)16-21-13(10-23-16)6-8-18-15-14-7-9-22-17(14)20-11-19-15/h1-5,7,9-11H,6,8H2,(H,18,19,20). The van der Waals surface area contributed by atoms with Gasteiger partial charge >= 0.3 is 0 Å². The number of thiophene rings is 1. The van der Waals surface area contributed by atoms with Crippen molar-refractivity contribution >= 4 is 38.7 Å². The number of rotatable bonds is 5. The molecule has 0 radical (unpaired) electrons. The lowest BCUT2D eigenvalue weighted by Gasteiger charge is -2.04. The third kappa shape index (κ3) is 3.09. The molecule has 0 aliphatic carbocycles. The van der Waals surface area contributed by atoms with Crippen LogP contribution in [0.2, 0.25) is 0 Å². The molecule has 1 N–H and O–H groups in total. The molecule has 4 rings (SSSR count). The summed E-state index contributed by atoms with van der Waals surface area (Å²) < 4.78 is 0. The van der Waals surface area contributed by atoms with Crippen LogP contribution >= 0.6 is 22.7 Å². The highest BCUT2D eigenvalue weighted by Gasteiger charge is 2.06. The molecule has 3 heterocycles. The Labute approximate surface area is 141 Å². The first kappa shape index (κ1) is 14.3. The van der Waals surface area contributed by atoms with Gasteiger partial charge in [-0.2, -0.15) is 0 Å². The van der Waals surface area contributed by atoms with Crippen molar-refractivity contribution in [2.75, 3.05) is 11.9 Å². The highest BCUT2D eigenvalue weighted by atomic mass is 32.1. The molecule has 0 fully saturated rings. The van der Waals surface area contributed by atoms with Crippen molar-refractivity contribution < 1.29 is 0 Å². The zero-order chi connectivity index (χ0) is 15.5. The van der Waals surface area contributed by atoms with Crippen LogP contribution < -0.4 is 5.32 Å². The number of nitrogens with zero attached hydrogens (tertiary/aromatic N) is 3. The smallest absolute Gasteiger partial charge is 0.138 e. The monoisotopic (exact) mass is 338 g/mol. The van der Waals surface area contributed by atoms with Crippen LogP contribution in [0.25, 0.3) is 20.8 Å². The molecule has 0 unspecified atom stereocenters. The Hall–Kier alpha value is -2.31. The fraction of sp³-hybridized carbons (Fsp3) is 0.118. The van der Waals surface area contributed by atoms with Gasteiger partial charge in [0.15, 0.2) is 0 Å². The molecule has 23 heavy (non-hydrogen) atoms. The number of thiazole rings is 1. The van der Waals surface area contributed by atoms with Gasteiger partial charge in [-0.1, -0.05) is 30.3 Å². The molecule has 0 aliphatic heterocycles. The van der Waals surface area contributed by atoms with Crippen molar-refractivity contribution in [1.82, 2.24) is 15.0 Å². The van der Waals surface area contributed by atoms with Crippen LogP contribution in [0.4, 0.5) is 5.82 Å². The molecule has 6 heteroatoms. The second-order valence-corrected chi connectivity index (χ2v) is 6.80. The number of nitrogens with one attached hydrogen (secondary N) is 1. The second kappa shape index (κ2) is 6.44. The molecule has 0 aliphatic rings. The lowest BCUT2D eigenvalue weighted by molar-refractivity contribution is 0.970. The number of anilines is 1. The minimum atomic E-state index is 0.805. The Morgan fingerprint density at radius 2 is 1.91 bits per heavy atom. The normalized spacial score (nSPS) is 11.0. The number of benzene rings is 1. The molecule has 4 nitrogen and oxygen atoms in total. The summed E-state index contributed by atoms with van der Waals surface area (Å²) in [5.74, 6) is 0.898. The highest BCUT2D eigenvalue weighted by molar-refractivity contribution is 7.16. The summed E-state index contributed by atoms with van der Waals surface area (Å²) in [6.07, 6.45) is 2.48. The van der Waals surface area contributed by atoms with Gasteiger partial charge < -0.3 is 5.32 Å². The van der Waals surface area contributed by atoms with E-state index in [0.29, 0.717) is 0 Å². The van der Waals surface area contributed by atoms with Crippen LogP contribution in [0.1, 0.15) is 5.69 Å². The van der Waals surface area contributed by atoms with E-state index in [1.807, 2.05) is 23.6 Å². The molecule has 1 aromatic carbocycles. The number of aromatic nitrogens is 3. The Morgan fingerprint density at radius 3 is 2.83 bits per heavy atom. The van der Waals surface area contributed by atoms with Crippen LogP contribution in [0.5, 0.6) is 0 Å². The van der Waals surface area contributed by atoms with Crippen molar-refractivity contribution in [3.05, 3.63) is 59.2 Å². The van der Waals surface area contributed by atoms with E-state index in [2.05, 4.69) is 38.9 Å². The first-order valence-electron chi connectivity index (χ1n) is 7.32. The summed E-state index contributed by atoms with van der Waals surface area (Å²) in [5, 5.41) is 9.72. The Kier molecular flexibility index (Phi) is 4.00. The summed E-state index contributed by atoms with van der Waals surface area (Å²) in [6, 6.07) is 12.3. The number of fused-ring (bicyclic) bond motifs is 1. The average molecular weight is 338 g/mol.